The van der Waals surface area contributed by atoms with Gasteiger partial charge in [-0.25, -0.2) is 0 Å². The van der Waals surface area contributed by atoms with E-state index in [0.29, 0.717) is 6.04 Å². The van der Waals surface area contributed by atoms with E-state index in [2.05, 4.69) is 60.7 Å². The number of nitrogens with zero attached hydrogens (tertiary/aromatic N) is 2. The molecule has 4 nitrogen and oxygen atoms in total. The first-order valence-electron chi connectivity index (χ1n) is 8.99. The van der Waals surface area contributed by atoms with E-state index in [4.69, 9.17) is 4.99 Å². The van der Waals surface area contributed by atoms with Crippen molar-refractivity contribution in [2.75, 3.05) is 32.7 Å². The molecular formula is C18H34N4S. The summed E-state index contributed by atoms with van der Waals surface area (Å²) in [6, 6.07) is 4.73. The normalized spacial score (nSPS) is 13.3. The van der Waals surface area contributed by atoms with Gasteiger partial charge in [0.2, 0.25) is 0 Å². The average molecular weight is 339 g/mol. The van der Waals surface area contributed by atoms with Crippen LogP contribution in [0.2, 0.25) is 0 Å². The van der Waals surface area contributed by atoms with Crippen molar-refractivity contribution in [2.24, 2.45) is 4.99 Å². The number of hydrogen-bond acceptors (Lipinski definition) is 3. The Labute approximate surface area is 146 Å². The number of thiophene rings is 1. The smallest absolute Gasteiger partial charge is 0.191 e. The van der Waals surface area contributed by atoms with Crippen LogP contribution in [0.1, 0.15) is 45.4 Å². The van der Waals surface area contributed by atoms with Crippen LogP contribution in [0.4, 0.5) is 0 Å². The highest BCUT2D eigenvalue weighted by Crippen LogP contribution is 2.08. The zero-order valence-corrected chi connectivity index (χ0v) is 16.1. The van der Waals surface area contributed by atoms with Gasteiger partial charge < -0.3 is 15.5 Å². The lowest BCUT2D eigenvalue weighted by molar-refractivity contribution is 0.292. The van der Waals surface area contributed by atoms with E-state index in [1.807, 2.05) is 0 Å². The highest BCUT2D eigenvalue weighted by atomic mass is 32.1. The first-order chi connectivity index (χ1) is 11.2. The van der Waals surface area contributed by atoms with Crippen LogP contribution in [-0.4, -0.2) is 49.6 Å². The predicted octanol–water partition coefficient (Wildman–Crippen LogP) is 3.36. The van der Waals surface area contributed by atoms with Crippen LogP contribution in [0, 0.1) is 0 Å². The van der Waals surface area contributed by atoms with Crippen LogP contribution in [0.3, 0.4) is 0 Å². The van der Waals surface area contributed by atoms with Gasteiger partial charge in [0.05, 0.1) is 0 Å². The van der Waals surface area contributed by atoms with Gasteiger partial charge in [0.15, 0.2) is 5.96 Å². The Kier molecular flexibility index (Phi) is 10.7. The maximum atomic E-state index is 4.69. The molecular weight excluding hydrogens is 304 g/mol. The van der Waals surface area contributed by atoms with Crippen LogP contribution in [0.15, 0.2) is 22.5 Å². The molecule has 1 atom stereocenters. The topological polar surface area (TPSA) is 39.7 Å². The molecule has 23 heavy (non-hydrogen) atoms. The molecule has 1 rings (SSSR count). The van der Waals surface area contributed by atoms with Crippen molar-refractivity contribution in [1.29, 1.82) is 0 Å². The minimum absolute atomic E-state index is 0.449. The Morgan fingerprint density at radius 2 is 2.09 bits per heavy atom. The highest BCUT2D eigenvalue weighted by molar-refractivity contribution is 7.09. The molecule has 0 spiro atoms. The Morgan fingerprint density at radius 3 is 2.70 bits per heavy atom. The summed E-state index contributed by atoms with van der Waals surface area (Å²) in [4.78, 5) is 8.57. The number of rotatable bonds is 11. The van der Waals surface area contributed by atoms with Gasteiger partial charge in [-0.1, -0.05) is 19.9 Å². The average Bonchev–Trinajstić information content (AvgIpc) is 3.05. The summed E-state index contributed by atoms with van der Waals surface area (Å²) < 4.78 is 0. The molecule has 0 fully saturated rings. The molecule has 1 unspecified atom stereocenters. The van der Waals surface area contributed by atoms with Gasteiger partial charge in [-0.15, -0.1) is 11.3 Å². The molecule has 5 heteroatoms. The molecule has 0 saturated carbocycles. The molecule has 0 amide bonds. The van der Waals surface area contributed by atoms with Gasteiger partial charge in [-0.05, 0) is 57.8 Å². The maximum Gasteiger partial charge on any atom is 0.191 e. The van der Waals surface area contributed by atoms with Crippen molar-refractivity contribution < 1.29 is 0 Å². The third kappa shape index (κ3) is 8.96. The summed E-state index contributed by atoms with van der Waals surface area (Å²) in [6.07, 6.45) is 3.42. The Balaban J connectivity index is 2.32. The SMILES string of the molecule is CCNC(=NCCc1cccs1)NC(C)CCCN(CC)CC. The number of aliphatic imine (C=N–C) groups is 1. The standard InChI is InChI=1S/C18H34N4S/c1-5-19-18(20-13-12-17-11-9-15-23-17)21-16(4)10-8-14-22(6-2)7-3/h9,11,15-16H,5-8,10,12-14H2,1-4H3,(H2,19,20,21). The second-order valence-corrected chi connectivity index (χ2v) is 6.84. The van der Waals surface area contributed by atoms with E-state index < -0.39 is 0 Å². The lowest BCUT2D eigenvalue weighted by Crippen LogP contribution is -2.42. The molecule has 1 aromatic heterocycles. The minimum Gasteiger partial charge on any atom is -0.357 e. The molecule has 0 aliphatic rings. The summed E-state index contributed by atoms with van der Waals surface area (Å²) in [5.41, 5.74) is 0. The second kappa shape index (κ2) is 12.4. The summed E-state index contributed by atoms with van der Waals surface area (Å²) in [7, 11) is 0. The second-order valence-electron chi connectivity index (χ2n) is 5.80. The van der Waals surface area contributed by atoms with E-state index in [9.17, 15) is 0 Å². The number of hydrogen-bond donors (Lipinski definition) is 2. The molecule has 0 saturated heterocycles. The van der Waals surface area contributed by atoms with Gasteiger partial charge in [0, 0.05) is 30.4 Å². The summed E-state index contributed by atoms with van der Waals surface area (Å²) >= 11 is 1.81. The lowest BCUT2D eigenvalue weighted by Gasteiger charge is -2.21. The van der Waals surface area contributed by atoms with Crippen molar-refractivity contribution in [3.05, 3.63) is 22.4 Å². The fraction of sp³-hybridized carbons (Fsp3) is 0.722. The van der Waals surface area contributed by atoms with Gasteiger partial charge in [-0.3, -0.25) is 4.99 Å². The largest absolute Gasteiger partial charge is 0.357 e. The molecule has 0 bridgehead atoms. The third-order valence-corrected chi connectivity index (χ3v) is 4.88. The summed E-state index contributed by atoms with van der Waals surface area (Å²) in [5.74, 6) is 0.944. The highest BCUT2D eigenvalue weighted by Gasteiger charge is 2.06. The molecule has 132 valence electrons. The molecule has 0 radical (unpaired) electrons. The van der Waals surface area contributed by atoms with Gasteiger partial charge in [0.25, 0.3) is 0 Å². The fourth-order valence-corrected chi connectivity index (χ4v) is 3.22. The van der Waals surface area contributed by atoms with E-state index in [1.165, 1.54) is 24.3 Å². The van der Waals surface area contributed by atoms with Crippen molar-refractivity contribution >= 4 is 17.3 Å². The van der Waals surface area contributed by atoms with Crippen molar-refractivity contribution in [2.45, 2.75) is 53.0 Å². The molecule has 1 aromatic rings. The van der Waals surface area contributed by atoms with Crippen molar-refractivity contribution in [1.82, 2.24) is 15.5 Å². The Morgan fingerprint density at radius 1 is 1.30 bits per heavy atom. The summed E-state index contributed by atoms with van der Waals surface area (Å²) in [6.45, 7) is 14.0. The van der Waals surface area contributed by atoms with Crippen LogP contribution >= 0.6 is 11.3 Å². The van der Waals surface area contributed by atoms with Gasteiger partial charge in [0.1, 0.15) is 0 Å². The molecule has 0 aliphatic heterocycles. The third-order valence-electron chi connectivity index (χ3n) is 3.94. The first-order valence-corrected chi connectivity index (χ1v) is 9.87. The van der Waals surface area contributed by atoms with E-state index in [-0.39, 0.29) is 0 Å². The number of nitrogens with one attached hydrogen (secondary N) is 2. The lowest BCUT2D eigenvalue weighted by atomic mass is 10.2. The van der Waals surface area contributed by atoms with Crippen LogP contribution in [0.5, 0.6) is 0 Å². The van der Waals surface area contributed by atoms with Crippen LogP contribution in [0.25, 0.3) is 0 Å². The Bertz CT molecular complexity index is 413. The first kappa shape index (κ1) is 20.0. The molecule has 0 aromatic carbocycles. The van der Waals surface area contributed by atoms with Crippen LogP contribution in [-0.2, 0) is 6.42 Å². The van der Waals surface area contributed by atoms with Gasteiger partial charge >= 0.3 is 0 Å². The molecule has 0 aliphatic carbocycles. The molecule has 1 heterocycles. The summed E-state index contributed by atoms with van der Waals surface area (Å²) in [5, 5.41) is 9.00. The van der Waals surface area contributed by atoms with Crippen molar-refractivity contribution in [3.8, 4) is 0 Å². The quantitative estimate of drug-likeness (QED) is 0.480. The fourth-order valence-electron chi connectivity index (χ4n) is 2.52. The van der Waals surface area contributed by atoms with E-state index >= 15 is 0 Å². The van der Waals surface area contributed by atoms with Crippen molar-refractivity contribution in [3.63, 3.8) is 0 Å². The molecule has 2 N–H and O–H groups in total. The van der Waals surface area contributed by atoms with E-state index in [1.54, 1.807) is 11.3 Å². The number of guanidine groups is 1. The van der Waals surface area contributed by atoms with Gasteiger partial charge in [-0.2, -0.15) is 0 Å². The zero-order valence-electron chi connectivity index (χ0n) is 15.3. The minimum atomic E-state index is 0.449. The van der Waals surface area contributed by atoms with Crippen LogP contribution < -0.4 is 10.6 Å². The maximum absolute atomic E-state index is 4.69. The predicted molar refractivity (Wildman–Crippen MR) is 104 cm³/mol. The monoisotopic (exact) mass is 338 g/mol. The van der Waals surface area contributed by atoms with E-state index in [0.717, 1.165) is 38.6 Å². The zero-order chi connectivity index (χ0) is 16.9. The Hall–Kier alpha value is -1.07.